The number of anilines is 1. The Bertz CT molecular complexity index is 405. The molecule has 1 aliphatic rings. The Morgan fingerprint density at radius 2 is 2.29 bits per heavy atom. The highest BCUT2D eigenvalue weighted by Crippen LogP contribution is 2.33. The maximum Gasteiger partial charge on any atom is 0.223 e. The van der Waals surface area contributed by atoms with Crippen LogP contribution >= 0.6 is 38.5 Å². The fraction of sp³-hybridized carbons (Fsp3) is 0.300. The summed E-state index contributed by atoms with van der Waals surface area (Å²) in [6, 6.07) is 4.18. The molecule has 0 unspecified atom stereocenters. The van der Waals surface area contributed by atoms with Crippen molar-refractivity contribution in [3.8, 4) is 0 Å². The van der Waals surface area contributed by atoms with E-state index < -0.39 is 0 Å². The number of carbonyl (C=O) groups is 1. The molecule has 0 radical (unpaired) electrons. The van der Waals surface area contributed by atoms with Gasteiger partial charge in [-0.15, -0.1) is 0 Å². The first-order valence-corrected chi connectivity index (χ1v) is 6.23. The highest BCUT2D eigenvalue weighted by atomic mass is 127. The largest absolute Gasteiger partial charge is 0.312 e. The van der Waals surface area contributed by atoms with Gasteiger partial charge < -0.3 is 4.90 Å². The molecule has 4 heteroatoms. The lowest BCUT2D eigenvalue weighted by Gasteiger charge is -2.15. The molecule has 0 fully saturated rings. The molecular weight excluding hydrogens is 357 g/mol. The zero-order valence-electron chi connectivity index (χ0n) is 7.68. The van der Waals surface area contributed by atoms with Gasteiger partial charge in [-0.25, -0.2) is 0 Å². The molecule has 0 N–H and O–H groups in total. The van der Waals surface area contributed by atoms with Crippen LogP contribution in [0.4, 0.5) is 5.69 Å². The average Bonchev–Trinajstić information content (AvgIpc) is 2.48. The van der Waals surface area contributed by atoms with Gasteiger partial charge in [-0.05, 0) is 62.6 Å². The summed E-state index contributed by atoms with van der Waals surface area (Å²) in [6.45, 7) is 2.43. The minimum absolute atomic E-state index is 0.127. The van der Waals surface area contributed by atoms with Gasteiger partial charge in [0.2, 0.25) is 5.91 Å². The molecule has 0 atom stereocenters. The number of hydrogen-bond acceptors (Lipinski definition) is 1. The number of halogens is 2. The predicted molar refractivity (Wildman–Crippen MR) is 68.6 cm³/mol. The van der Waals surface area contributed by atoms with Crippen molar-refractivity contribution in [2.24, 2.45) is 0 Å². The van der Waals surface area contributed by atoms with Crippen molar-refractivity contribution in [3.05, 3.63) is 25.7 Å². The molecular formula is C10H9BrINO. The summed E-state index contributed by atoms with van der Waals surface area (Å²) < 4.78 is 2.26. The first kappa shape index (κ1) is 10.4. The average molecular weight is 366 g/mol. The number of nitrogens with zero attached hydrogens (tertiary/aromatic N) is 1. The van der Waals surface area contributed by atoms with Gasteiger partial charge in [-0.3, -0.25) is 4.79 Å². The first-order valence-electron chi connectivity index (χ1n) is 4.35. The Morgan fingerprint density at radius 1 is 1.57 bits per heavy atom. The second kappa shape index (κ2) is 3.81. The molecule has 0 spiro atoms. The standard InChI is InChI=1S/C10H9BrINO/c1-6(14)13-3-2-7-4-8(11)9(12)5-10(7)13/h4-5H,2-3H2,1H3. The number of rotatable bonds is 0. The zero-order valence-corrected chi connectivity index (χ0v) is 11.4. The smallest absolute Gasteiger partial charge is 0.223 e. The zero-order chi connectivity index (χ0) is 10.3. The summed E-state index contributed by atoms with van der Waals surface area (Å²) in [6.07, 6.45) is 0.963. The molecule has 74 valence electrons. The third kappa shape index (κ3) is 1.69. The summed E-state index contributed by atoms with van der Waals surface area (Å²) in [4.78, 5) is 13.2. The van der Waals surface area contributed by atoms with Gasteiger partial charge in [0.15, 0.2) is 0 Å². The number of fused-ring (bicyclic) bond motifs is 1. The Balaban J connectivity index is 2.50. The Labute approximate surface area is 105 Å². The van der Waals surface area contributed by atoms with Crippen molar-refractivity contribution >= 4 is 50.1 Å². The quantitative estimate of drug-likeness (QED) is 0.647. The molecule has 0 saturated heterocycles. The maximum atomic E-state index is 11.3. The second-order valence-electron chi connectivity index (χ2n) is 3.32. The van der Waals surface area contributed by atoms with E-state index in [0.29, 0.717) is 0 Å². The van der Waals surface area contributed by atoms with E-state index in [9.17, 15) is 4.79 Å². The summed E-state index contributed by atoms with van der Waals surface area (Å²) in [5.74, 6) is 0.127. The van der Waals surface area contributed by atoms with Crippen LogP contribution in [-0.2, 0) is 11.2 Å². The van der Waals surface area contributed by atoms with Gasteiger partial charge in [0, 0.05) is 27.2 Å². The van der Waals surface area contributed by atoms with E-state index in [1.54, 1.807) is 6.92 Å². The van der Waals surface area contributed by atoms with E-state index in [1.165, 1.54) is 5.56 Å². The molecule has 1 aliphatic heterocycles. The predicted octanol–water partition coefficient (Wildman–Crippen LogP) is 2.96. The van der Waals surface area contributed by atoms with Crippen LogP contribution in [0.15, 0.2) is 16.6 Å². The van der Waals surface area contributed by atoms with Gasteiger partial charge in [0.05, 0.1) is 0 Å². The second-order valence-corrected chi connectivity index (χ2v) is 5.33. The topological polar surface area (TPSA) is 20.3 Å². The van der Waals surface area contributed by atoms with Crippen molar-refractivity contribution in [3.63, 3.8) is 0 Å². The van der Waals surface area contributed by atoms with Crippen LogP contribution in [0.1, 0.15) is 12.5 Å². The summed E-state index contributed by atoms with van der Waals surface area (Å²) in [5.41, 5.74) is 2.33. The first-order chi connectivity index (χ1) is 6.59. The third-order valence-corrected chi connectivity index (χ3v) is 4.69. The Hall–Kier alpha value is -0.100. The summed E-state index contributed by atoms with van der Waals surface area (Å²) in [5, 5.41) is 0. The minimum atomic E-state index is 0.127. The summed E-state index contributed by atoms with van der Waals surface area (Å²) >= 11 is 5.76. The molecule has 1 aromatic carbocycles. The van der Waals surface area contributed by atoms with E-state index in [2.05, 4.69) is 50.7 Å². The monoisotopic (exact) mass is 365 g/mol. The molecule has 2 nitrogen and oxygen atoms in total. The van der Waals surface area contributed by atoms with Crippen molar-refractivity contribution in [1.82, 2.24) is 0 Å². The molecule has 1 aromatic rings. The summed E-state index contributed by atoms with van der Waals surface area (Å²) in [7, 11) is 0. The molecule has 0 saturated carbocycles. The Kier molecular flexibility index (Phi) is 2.83. The highest BCUT2D eigenvalue weighted by molar-refractivity contribution is 14.1. The molecule has 1 amide bonds. The molecule has 2 rings (SSSR count). The van der Waals surface area contributed by atoms with Crippen molar-refractivity contribution < 1.29 is 4.79 Å². The van der Waals surface area contributed by atoms with E-state index in [-0.39, 0.29) is 5.91 Å². The molecule has 0 aliphatic carbocycles. The van der Waals surface area contributed by atoms with Gasteiger partial charge in [-0.1, -0.05) is 0 Å². The van der Waals surface area contributed by atoms with Crippen LogP contribution in [-0.4, -0.2) is 12.5 Å². The van der Waals surface area contributed by atoms with Crippen LogP contribution < -0.4 is 4.90 Å². The number of benzene rings is 1. The van der Waals surface area contributed by atoms with Gasteiger partial charge in [0.1, 0.15) is 0 Å². The van der Waals surface area contributed by atoms with Crippen LogP contribution in [0, 0.1) is 3.57 Å². The highest BCUT2D eigenvalue weighted by Gasteiger charge is 2.22. The molecule has 0 bridgehead atoms. The van der Waals surface area contributed by atoms with Crippen LogP contribution in [0.2, 0.25) is 0 Å². The van der Waals surface area contributed by atoms with Gasteiger partial charge in [-0.2, -0.15) is 0 Å². The van der Waals surface area contributed by atoms with E-state index in [0.717, 1.165) is 26.7 Å². The number of hydrogen-bond donors (Lipinski definition) is 0. The minimum Gasteiger partial charge on any atom is -0.312 e. The SMILES string of the molecule is CC(=O)N1CCc2cc(Br)c(I)cc21. The van der Waals surface area contributed by atoms with E-state index in [4.69, 9.17) is 0 Å². The van der Waals surface area contributed by atoms with Crippen molar-refractivity contribution in [2.45, 2.75) is 13.3 Å². The lowest BCUT2D eigenvalue weighted by molar-refractivity contribution is -0.116. The van der Waals surface area contributed by atoms with Crippen LogP contribution in [0.25, 0.3) is 0 Å². The number of carbonyl (C=O) groups excluding carboxylic acids is 1. The van der Waals surface area contributed by atoms with E-state index >= 15 is 0 Å². The van der Waals surface area contributed by atoms with Crippen LogP contribution in [0.3, 0.4) is 0 Å². The fourth-order valence-corrected chi connectivity index (χ4v) is 2.55. The van der Waals surface area contributed by atoms with Gasteiger partial charge >= 0.3 is 0 Å². The van der Waals surface area contributed by atoms with Crippen molar-refractivity contribution in [1.29, 1.82) is 0 Å². The molecule has 14 heavy (non-hydrogen) atoms. The van der Waals surface area contributed by atoms with Crippen LogP contribution in [0.5, 0.6) is 0 Å². The van der Waals surface area contributed by atoms with Crippen molar-refractivity contribution in [2.75, 3.05) is 11.4 Å². The fourth-order valence-electron chi connectivity index (χ4n) is 1.71. The molecule has 1 heterocycles. The maximum absolute atomic E-state index is 11.3. The Morgan fingerprint density at radius 3 is 2.93 bits per heavy atom. The normalized spacial score (nSPS) is 14.4. The third-order valence-electron chi connectivity index (χ3n) is 2.40. The lowest BCUT2D eigenvalue weighted by atomic mass is 10.2. The number of amides is 1. The molecule has 0 aromatic heterocycles. The van der Waals surface area contributed by atoms with E-state index in [1.807, 2.05) is 4.90 Å². The van der Waals surface area contributed by atoms with Gasteiger partial charge in [0.25, 0.3) is 0 Å². The lowest BCUT2D eigenvalue weighted by Crippen LogP contribution is -2.25.